The van der Waals surface area contributed by atoms with Gasteiger partial charge in [-0.15, -0.1) is 0 Å². The number of nitrogens with one attached hydrogen (secondary N) is 6. The standard InChI is InChI=1S/C56H53Cl2N15O4/c1-69-22-24-71(25-23-69)39-15-18-44(45(28-39)77-3)66-46-29-47(62-33-61-46)72(54(75)65-36-8-5-4-6-9-36)40-11-7-10-37(27-40)63-48(74)19-13-34-12-17-43(57)50(49(34)58)73-51(59)41-30-60-53(67-52(41)68-55(73)76)64-38-14-16-42-35(26-38)31-70(2)32-56(42)20-21-56/h4-19,26-30,33,59H,20-25,31-32H2,1-3H3,(H,63,74)(H,65,75)(H,61,62,66)(H2,60,64,67,68,76)/b19-13+,59-51?. The number of fused-ring (bicyclic) bond motifs is 3. The first-order valence-electron chi connectivity index (χ1n) is 24.9. The molecule has 1 spiro atoms. The molecule has 3 amide bonds. The molecule has 77 heavy (non-hydrogen) atoms. The minimum absolute atomic E-state index is 0.0111. The molecule has 8 aromatic rings. The van der Waals surface area contributed by atoms with Gasteiger partial charge in [0.15, 0.2) is 5.65 Å². The Hall–Kier alpha value is -8.62. The fourth-order valence-electron chi connectivity index (χ4n) is 10.0. The third-order valence-electron chi connectivity index (χ3n) is 14.0. The second kappa shape index (κ2) is 21.2. The predicted molar refractivity (Wildman–Crippen MR) is 302 cm³/mol. The summed E-state index contributed by atoms with van der Waals surface area (Å²) in [6, 6.07) is 32.3. The lowest BCUT2D eigenvalue weighted by Crippen LogP contribution is -2.44. The zero-order valence-electron chi connectivity index (χ0n) is 42.3. The van der Waals surface area contributed by atoms with Crippen LogP contribution in [-0.4, -0.2) is 105 Å². The highest BCUT2D eigenvalue weighted by Crippen LogP contribution is 2.52. The number of nitrogens with zero attached hydrogens (tertiary/aromatic N) is 9. The number of ether oxygens (including phenoxy) is 1. The van der Waals surface area contributed by atoms with Crippen molar-refractivity contribution in [3.63, 3.8) is 0 Å². The van der Waals surface area contributed by atoms with Crippen molar-refractivity contribution in [3.05, 3.63) is 171 Å². The number of methoxy groups -OCH3 is 1. The molecule has 3 aliphatic rings. The maximum absolute atomic E-state index is 14.3. The molecule has 0 radical (unpaired) electrons. The minimum Gasteiger partial charge on any atom is -0.494 e. The molecule has 3 aromatic heterocycles. The molecule has 1 saturated heterocycles. The lowest BCUT2D eigenvalue weighted by atomic mass is 9.87. The van der Waals surface area contributed by atoms with Gasteiger partial charge in [0.05, 0.1) is 39.6 Å². The van der Waals surface area contributed by atoms with Crippen LogP contribution in [0.15, 0.2) is 133 Å². The highest BCUT2D eigenvalue weighted by Gasteiger charge is 2.48. The van der Waals surface area contributed by atoms with Crippen LogP contribution in [0.25, 0.3) is 22.8 Å². The highest BCUT2D eigenvalue weighted by atomic mass is 35.5. The SMILES string of the molecule is COc1cc(N2CCN(C)CC2)ccc1Nc1cc(N(C(=O)Nc2ccccc2)c2cccc(NC(=O)/C=C/c3ccc(Cl)c(-n4c(=O)[nH]c5nc(Nc6ccc7c(c6)CN(C)CC76CC6)ncc5c4=N)c3Cl)c2)ncn1. The summed E-state index contributed by atoms with van der Waals surface area (Å²) >= 11 is 13.7. The van der Waals surface area contributed by atoms with Gasteiger partial charge in [0.2, 0.25) is 11.9 Å². The minimum atomic E-state index is -0.714. The molecular formula is C56H53Cl2N15O4. The smallest absolute Gasteiger partial charge is 0.333 e. The van der Waals surface area contributed by atoms with Crippen LogP contribution in [-0.2, 0) is 16.8 Å². The van der Waals surface area contributed by atoms with Gasteiger partial charge in [0.25, 0.3) is 0 Å². The van der Waals surface area contributed by atoms with Crippen LogP contribution in [0.5, 0.6) is 5.75 Å². The van der Waals surface area contributed by atoms with Crippen LogP contribution in [0.1, 0.15) is 29.5 Å². The lowest BCUT2D eigenvalue weighted by molar-refractivity contribution is -0.111. The maximum atomic E-state index is 14.3. The van der Waals surface area contributed by atoms with E-state index in [1.165, 1.54) is 59.6 Å². The number of amides is 3. The number of aromatic amines is 1. The van der Waals surface area contributed by atoms with E-state index in [0.717, 1.165) is 55.2 Å². The first-order valence-corrected chi connectivity index (χ1v) is 25.7. The van der Waals surface area contributed by atoms with E-state index in [4.69, 9.17) is 33.3 Å². The van der Waals surface area contributed by atoms with E-state index in [1.807, 2.05) is 42.5 Å². The molecule has 0 unspecified atom stereocenters. The molecular weight excluding hydrogens is 1020 g/mol. The Morgan fingerprint density at radius 3 is 2.43 bits per heavy atom. The van der Waals surface area contributed by atoms with Crippen molar-refractivity contribution in [3.8, 4) is 11.4 Å². The Labute approximate surface area is 452 Å². The number of rotatable bonds is 13. The van der Waals surface area contributed by atoms with Gasteiger partial charge in [-0.2, -0.15) is 4.98 Å². The molecule has 5 aromatic carbocycles. The largest absolute Gasteiger partial charge is 0.494 e. The van der Waals surface area contributed by atoms with Gasteiger partial charge in [-0.3, -0.25) is 15.2 Å². The third-order valence-corrected chi connectivity index (χ3v) is 14.7. The summed E-state index contributed by atoms with van der Waals surface area (Å²) in [6.07, 6.45) is 7.93. The van der Waals surface area contributed by atoms with E-state index >= 15 is 0 Å². The summed E-state index contributed by atoms with van der Waals surface area (Å²) in [7, 11) is 5.87. The molecule has 2 aliphatic heterocycles. The normalized spacial score (nSPS) is 15.1. The number of urea groups is 1. The first-order chi connectivity index (χ1) is 37.3. The van der Waals surface area contributed by atoms with Crippen molar-refractivity contribution in [1.29, 1.82) is 5.41 Å². The van der Waals surface area contributed by atoms with Crippen molar-refractivity contribution in [2.24, 2.45) is 0 Å². The number of hydrogen-bond donors (Lipinski definition) is 6. The fourth-order valence-corrected chi connectivity index (χ4v) is 10.6. The summed E-state index contributed by atoms with van der Waals surface area (Å²) in [5.74, 6) is 0.966. The Morgan fingerprint density at radius 1 is 0.831 bits per heavy atom. The number of carbonyl (C=O) groups is 2. The van der Waals surface area contributed by atoms with Gasteiger partial charge in [0.1, 0.15) is 29.2 Å². The van der Waals surface area contributed by atoms with Gasteiger partial charge >= 0.3 is 11.7 Å². The van der Waals surface area contributed by atoms with E-state index in [1.54, 1.807) is 55.6 Å². The van der Waals surface area contributed by atoms with Crippen molar-refractivity contribution in [2.75, 3.05) is 85.0 Å². The van der Waals surface area contributed by atoms with Crippen LogP contribution >= 0.6 is 23.2 Å². The van der Waals surface area contributed by atoms with E-state index in [2.05, 4.69) is 87.1 Å². The molecule has 0 atom stereocenters. The van der Waals surface area contributed by atoms with Crippen LogP contribution in [0.4, 0.5) is 56.5 Å². The quantitative estimate of drug-likeness (QED) is 0.0594. The first kappa shape index (κ1) is 50.5. The second-order valence-electron chi connectivity index (χ2n) is 19.4. The van der Waals surface area contributed by atoms with E-state index < -0.39 is 17.6 Å². The lowest BCUT2D eigenvalue weighted by Gasteiger charge is -2.34. The molecule has 2 fully saturated rings. The number of hydrogen-bond acceptors (Lipinski definition) is 14. The number of aromatic nitrogens is 6. The number of anilines is 9. The number of H-pyrrole nitrogens is 1. The molecule has 1 aliphatic carbocycles. The van der Waals surface area contributed by atoms with E-state index in [0.29, 0.717) is 39.9 Å². The topological polar surface area (TPSA) is 218 Å². The van der Waals surface area contributed by atoms with Crippen LogP contribution in [0.3, 0.4) is 0 Å². The Balaban J connectivity index is 0.816. The Morgan fingerprint density at radius 2 is 1.64 bits per heavy atom. The van der Waals surface area contributed by atoms with Gasteiger partial charge in [-0.1, -0.05) is 59.6 Å². The van der Waals surface area contributed by atoms with Crippen molar-refractivity contribution >= 4 is 104 Å². The second-order valence-corrected chi connectivity index (χ2v) is 20.2. The summed E-state index contributed by atoms with van der Waals surface area (Å²) < 4.78 is 6.84. The summed E-state index contributed by atoms with van der Waals surface area (Å²) in [5.41, 5.74) is 6.28. The summed E-state index contributed by atoms with van der Waals surface area (Å²) in [6.45, 7) is 5.65. The molecule has 1 saturated carbocycles. The van der Waals surface area contributed by atoms with Gasteiger partial charge < -0.3 is 40.7 Å². The van der Waals surface area contributed by atoms with E-state index in [-0.39, 0.29) is 49.4 Å². The van der Waals surface area contributed by atoms with Gasteiger partial charge in [-0.05, 0) is 110 Å². The molecule has 11 rings (SSSR count). The predicted octanol–water partition coefficient (Wildman–Crippen LogP) is 9.43. The van der Waals surface area contributed by atoms with Crippen LogP contribution < -0.4 is 47.0 Å². The zero-order valence-corrected chi connectivity index (χ0v) is 43.8. The summed E-state index contributed by atoms with van der Waals surface area (Å²) in [4.78, 5) is 70.8. The van der Waals surface area contributed by atoms with Crippen molar-refractivity contribution < 1.29 is 14.3 Å². The monoisotopic (exact) mass is 1070 g/mol. The van der Waals surface area contributed by atoms with Crippen molar-refractivity contribution in [2.45, 2.75) is 24.8 Å². The number of halogens is 2. The zero-order chi connectivity index (χ0) is 53.4. The Kier molecular flexibility index (Phi) is 13.9. The number of para-hydroxylation sites is 1. The average molecular weight is 1070 g/mol. The molecule has 5 heterocycles. The number of piperazine rings is 1. The van der Waals surface area contributed by atoms with Crippen LogP contribution in [0, 0.1) is 5.41 Å². The molecule has 6 N–H and O–H groups in total. The maximum Gasteiger partial charge on any atom is 0.333 e. The number of likely N-dealkylation sites (N-methyl/N-ethyl adjacent to an activating group) is 2. The van der Waals surface area contributed by atoms with Crippen molar-refractivity contribution in [1.82, 2.24) is 39.3 Å². The third kappa shape index (κ3) is 10.7. The van der Waals surface area contributed by atoms with E-state index in [9.17, 15) is 14.4 Å². The molecule has 21 heteroatoms. The molecule has 19 nitrogen and oxygen atoms in total. The fraction of sp³-hybridized carbons (Fsp3) is 0.214. The highest BCUT2D eigenvalue weighted by molar-refractivity contribution is 6.38. The van der Waals surface area contributed by atoms with Gasteiger partial charge in [0, 0.05) is 91.8 Å². The molecule has 390 valence electrons. The summed E-state index contributed by atoms with van der Waals surface area (Å²) in [5, 5.41) is 21.9. The average Bonchev–Trinajstić information content (AvgIpc) is 4.34. The number of carbonyl (C=O) groups excluding carboxylic acids is 2. The number of benzene rings is 5. The Bertz CT molecular complexity index is 3750. The molecule has 0 bridgehead atoms. The van der Waals surface area contributed by atoms with Gasteiger partial charge in [-0.25, -0.2) is 34.0 Å². The van der Waals surface area contributed by atoms with Crippen LogP contribution in [0.2, 0.25) is 10.0 Å².